The average molecular weight is 554 g/mol. The van der Waals surface area contributed by atoms with Crippen molar-refractivity contribution in [3.8, 4) is 11.5 Å². The monoisotopic (exact) mass is 553 g/mol. The number of benzene rings is 1. The molecule has 2 bridgehead atoms. The van der Waals surface area contributed by atoms with Crippen LogP contribution in [-0.2, 0) is 15.9 Å². The first-order valence-electron chi connectivity index (χ1n) is 13.8. The highest BCUT2D eigenvalue weighted by molar-refractivity contribution is 5.77. The number of hydrogen-bond acceptors (Lipinski definition) is 7. The molecule has 0 fully saturated rings. The number of phenols is 2. The maximum absolute atomic E-state index is 11.8. The summed E-state index contributed by atoms with van der Waals surface area (Å²) >= 11 is 0. The van der Waals surface area contributed by atoms with Gasteiger partial charge in [-0.2, -0.15) is 0 Å². The molecule has 1 aliphatic rings. The normalized spacial score (nSPS) is 28.2. The number of fused-ring (bicyclic) bond motifs is 2. The van der Waals surface area contributed by atoms with Crippen LogP contribution < -0.4 is 16.4 Å². The maximum Gasteiger partial charge on any atom is 0.405 e. The molecule has 2 rings (SSSR count). The van der Waals surface area contributed by atoms with Gasteiger partial charge in [0.1, 0.15) is 17.6 Å². The van der Waals surface area contributed by atoms with Gasteiger partial charge in [-0.1, -0.05) is 64.2 Å². The summed E-state index contributed by atoms with van der Waals surface area (Å²) < 4.78 is 11.2. The number of carbonyl (C=O) groups is 1. The van der Waals surface area contributed by atoms with E-state index in [1.54, 1.807) is 25.3 Å². The molecule has 0 spiro atoms. The molecule has 8 nitrogen and oxygen atoms in total. The van der Waals surface area contributed by atoms with E-state index in [0.29, 0.717) is 47.4 Å². The Kier molecular flexibility index (Phi) is 12.4. The topological polar surface area (TPSA) is 126 Å². The number of hydrogen-bond donors (Lipinski definition) is 5. The first-order valence-corrected chi connectivity index (χ1v) is 13.8. The molecule has 6 N–H and O–H groups in total. The van der Waals surface area contributed by atoms with Gasteiger partial charge in [0.25, 0.3) is 0 Å². The Morgan fingerprint density at radius 3 is 2.60 bits per heavy atom. The first kappa shape index (κ1) is 32.6. The second-order valence-electron chi connectivity index (χ2n) is 10.7. The summed E-state index contributed by atoms with van der Waals surface area (Å²) in [5, 5.41) is 28.4. The minimum absolute atomic E-state index is 0.0384. The van der Waals surface area contributed by atoms with Gasteiger partial charge in [-0.15, -0.1) is 6.58 Å². The van der Waals surface area contributed by atoms with Gasteiger partial charge in [0.15, 0.2) is 6.10 Å². The quantitative estimate of drug-likeness (QED) is 0.154. The van der Waals surface area contributed by atoms with E-state index in [-0.39, 0.29) is 17.4 Å². The molecule has 40 heavy (non-hydrogen) atoms. The number of ether oxygens (including phenoxy) is 2. The highest BCUT2D eigenvalue weighted by atomic mass is 16.6. The van der Waals surface area contributed by atoms with Crippen molar-refractivity contribution < 1.29 is 24.5 Å². The lowest BCUT2D eigenvalue weighted by Crippen LogP contribution is -2.35. The summed E-state index contributed by atoms with van der Waals surface area (Å²) in [6, 6.07) is 1.49. The molecule has 0 radical (unpaired) electrons. The molecule has 1 aromatic carbocycles. The number of amides is 1. The fourth-order valence-electron chi connectivity index (χ4n) is 4.98. The molecule has 0 aromatic heterocycles. The maximum atomic E-state index is 11.8. The lowest BCUT2D eigenvalue weighted by atomic mass is 9.80. The number of nitrogens with two attached hydrogens (primary N) is 1. The van der Waals surface area contributed by atoms with Gasteiger partial charge in [-0.25, -0.2) is 4.79 Å². The number of methoxy groups -OCH3 is 1. The Balaban J connectivity index is 2.57. The molecule has 0 saturated carbocycles. The van der Waals surface area contributed by atoms with Gasteiger partial charge in [-0.3, -0.25) is 0 Å². The van der Waals surface area contributed by atoms with Gasteiger partial charge in [-0.05, 0) is 55.6 Å². The molecular formula is C32H47N3O5. The van der Waals surface area contributed by atoms with Crippen molar-refractivity contribution in [2.24, 2.45) is 23.5 Å². The number of aromatic hydroxyl groups is 2. The van der Waals surface area contributed by atoms with Crippen LogP contribution in [0.4, 0.5) is 16.2 Å². The summed E-state index contributed by atoms with van der Waals surface area (Å²) in [6.07, 6.45) is 9.46. The fourth-order valence-corrected chi connectivity index (χ4v) is 4.98. The summed E-state index contributed by atoms with van der Waals surface area (Å²) in [6.45, 7) is 18.7. The molecule has 1 aromatic rings. The van der Waals surface area contributed by atoms with E-state index in [0.717, 1.165) is 24.0 Å². The van der Waals surface area contributed by atoms with Crippen molar-refractivity contribution in [1.82, 2.24) is 0 Å². The van der Waals surface area contributed by atoms with E-state index in [9.17, 15) is 15.0 Å². The predicted molar refractivity (Wildman–Crippen MR) is 164 cm³/mol. The van der Waals surface area contributed by atoms with Crippen LogP contribution in [0.1, 0.15) is 53.0 Å². The van der Waals surface area contributed by atoms with Crippen molar-refractivity contribution in [1.29, 1.82) is 0 Å². The third kappa shape index (κ3) is 8.68. The van der Waals surface area contributed by atoms with Crippen molar-refractivity contribution in [2.75, 3.05) is 24.3 Å². The zero-order valence-electron chi connectivity index (χ0n) is 24.8. The number of anilines is 2. The summed E-state index contributed by atoms with van der Waals surface area (Å²) in [7, 11) is 1.56. The number of nitrogens with one attached hydrogen (secondary N) is 2. The molecule has 0 saturated heterocycles. The highest BCUT2D eigenvalue weighted by Crippen LogP contribution is 2.42. The standard InChI is InChI=1S/C32H47N3O5/c1-9-16-34-29-25-14-10-12-19(2)23(6)21(4)17-22(5)31(40-32(33)38)28(39-8)15-11-13-20(3)24(7)35-26(30(25)37)18-27(29)36/h9,11,13,15,17-19,21,23,28,31,34-37H,1,7,10,12,14,16H2,2-6,8H3,(H2,33,38)/b15-11-,20-13+,22-17+/t19?,21?,23?,28-,31?/m0/s1. The van der Waals surface area contributed by atoms with Crippen molar-refractivity contribution in [2.45, 2.75) is 66.1 Å². The average Bonchev–Trinajstić information content (AvgIpc) is 2.90. The van der Waals surface area contributed by atoms with Gasteiger partial charge in [0, 0.05) is 31.0 Å². The smallest absolute Gasteiger partial charge is 0.405 e. The van der Waals surface area contributed by atoms with E-state index in [1.807, 2.05) is 19.9 Å². The molecule has 1 heterocycles. The molecule has 0 aliphatic carbocycles. The SMILES string of the molecule is C=CCNc1c(O)cc2c(O)c1CCCC(C)C(C)C(C)/C=C(\C)C(OC(N)=O)[C@@H](OC)/C=C\C=C(/C)C(=C)N2. The number of allylic oxidation sites excluding steroid dienone is 4. The van der Waals surface area contributed by atoms with Gasteiger partial charge < -0.3 is 36.1 Å². The molecule has 8 heteroatoms. The Morgan fingerprint density at radius 2 is 1.98 bits per heavy atom. The van der Waals surface area contributed by atoms with Crippen molar-refractivity contribution in [3.63, 3.8) is 0 Å². The number of phenolic OH excluding ortho intramolecular Hbond substituents is 2. The first-order chi connectivity index (χ1) is 18.9. The third-order valence-corrected chi connectivity index (χ3v) is 7.81. The number of carbonyl (C=O) groups excluding carboxylic acids is 1. The molecule has 1 amide bonds. The van der Waals surface area contributed by atoms with E-state index in [4.69, 9.17) is 15.2 Å². The zero-order chi connectivity index (χ0) is 30.0. The zero-order valence-corrected chi connectivity index (χ0v) is 24.8. The minimum atomic E-state index is -0.864. The van der Waals surface area contributed by atoms with Crippen LogP contribution in [0.15, 0.2) is 66.4 Å². The van der Waals surface area contributed by atoms with Crippen molar-refractivity contribution in [3.05, 3.63) is 72.0 Å². The number of rotatable bonds is 5. The second-order valence-corrected chi connectivity index (χ2v) is 10.7. The van der Waals surface area contributed by atoms with Crippen LogP contribution in [0, 0.1) is 17.8 Å². The van der Waals surface area contributed by atoms with Gasteiger partial charge >= 0.3 is 6.09 Å². The van der Waals surface area contributed by atoms with Gasteiger partial charge in [0.2, 0.25) is 0 Å². The van der Waals surface area contributed by atoms with Crippen LogP contribution in [-0.4, -0.2) is 42.2 Å². The molecule has 220 valence electrons. The minimum Gasteiger partial charge on any atom is -0.506 e. The Morgan fingerprint density at radius 1 is 1.27 bits per heavy atom. The molecule has 5 atom stereocenters. The summed E-state index contributed by atoms with van der Waals surface area (Å²) in [4.78, 5) is 11.8. The Hall–Kier alpha value is -3.65. The van der Waals surface area contributed by atoms with Crippen LogP contribution >= 0.6 is 0 Å². The lowest BCUT2D eigenvalue weighted by Gasteiger charge is -2.28. The van der Waals surface area contributed by atoms with E-state index >= 15 is 0 Å². The highest BCUT2D eigenvalue weighted by Gasteiger charge is 2.26. The van der Waals surface area contributed by atoms with Crippen LogP contribution in [0.5, 0.6) is 11.5 Å². The van der Waals surface area contributed by atoms with E-state index in [2.05, 4.69) is 50.6 Å². The van der Waals surface area contributed by atoms with Crippen LogP contribution in [0.25, 0.3) is 0 Å². The summed E-state index contributed by atoms with van der Waals surface area (Å²) in [5.41, 5.74) is 9.13. The molecule has 4 unspecified atom stereocenters. The predicted octanol–water partition coefficient (Wildman–Crippen LogP) is 6.79. The van der Waals surface area contributed by atoms with Crippen molar-refractivity contribution >= 4 is 17.5 Å². The number of primary amides is 1. The van der Waals surface area contributed by atoms with E-state index < -0.39 is 18.3 Å². The Labute approximate surface area is 239 Å². The van der Waals surface area contributed by atoms with Crippen LogP contribution in [0.3, 0.4) is 0 Å². The Bertz CT molecular complexity index is 1150. The molecule has 1 aliphatic heterocycles. The molecular weight excluding hydrogens is 506 g/mol. The fraction of sp³-hybridized carbons (Fsp3) is 0.469. The van der Waals surface area contributed by atoms with E-state index in [1.165, 1.54) is 6.07 Å². The third-order valence-electron chi connectivity index (χ3n) is 7.81. The largest absolute Gasteiger partial charge is 0.506 e. The lowest BCUT2D eigenvalue weighted by molar-refractivity contribution is 0.0230. The second kappa shape index (κ2) is 15.2. The summed E-state index contributed by atoms with van der Waals surface area (Å²) in [5.74, 6) is 0.993. The van der Waals surface area contributed by atoms with Gasteiger partial charge in [0.05, 0.1) is 11.4 Å². The van der Waals surface area contributed by atoms with Crippen LogP contribution in [0.2, 0.25) is 0 Å².